The minimum Gasteiger partial charge on any atom is -0.507 e. The summed E-state index contributed by atoms with van der Waals surface area (Å²) in [7, 11) is 7.50. The molecule has 8 aromatic carbocycles. The second kappa shape index (κ2) is 29.8. The van der Waals surface area contributed by atoms with Crippen molar-refractivity contribution in [1.29, 1.82) is 0 Å². The normalized spacial score (nSPS) is 19.2. The van der Waals surface area contributed by atoms with Gasteiger partial charge in [0, 0.05) is 108 Å². The summed E-state index contributed by atoms with van der Waals surface area (Å²) in [6.45, 7) is 18.3. The number of carbonyl (C=O) groups excluding carboxylic acids is 10. The van der Waals surface area contributed by atoms with Crippen LogP contribution in [-0.2, 0) is 64.2 Å². The van der Waals surface area contributed by atoms with Crippen molar-refractivity contribution >= 4 is 103 Å². The minimum absolute atomic E-state index is 0.0759. The molecule has 12 rings (SSSR count). The lowest BCUT2D eigenvalue weighted by molar-refractivity contribution is -0.143. The minimum atomic E-state index is -0.626. The van der Waals surface area contributed by atoms with E-state index in [0.29, 0.717) is 118 Å². The van der Waals surface area contributed by atoms with E-state index < -0.39 is 53.8 Å². The average molecular weight is 1440 g/mol. The number of carbonyl (C=O) groups is 10. The number of aromatic hydroxyl groups is 1. The van der Waals surface area contributed by atoms with Gasteiger partial charge >= 0.3 is 23.9 Å². The van der Waals surface area contributed by atoms with Gasteiger partial charge in [-0.15, -0.1) is 0 Å². The fourth-order valence-corrected chi connectivity index (χ4v) is 14.6. The fourth-order valence-electron chi connectivity index (χ4n) is 14.6. The van der Waals surface area contributed by atoms with Crippen LogP contribution in [0.2, 0.25) is 0 Å². The summed E-state index contributed by atoms with van der Waals surface area (Å²) in [5.41, 5.74) is 4.19. The Bertz CT molecular complexity index is 4870. The van der Waals surface area contributed by atoms with Crippen molar-refractivity contribution < 1.29 is 115 Å². The van der Waals surface area contributed by atoms with Crippen molar-refractivity contribution in [1.82, 2.24) is 0 Å². The van der Waals surface area contributed by atoms with Gasteiger partial charge in [0.1, 0.15) is 106 Å². The lowest BCUT2D eigenvalue weighted by Crippen LogP contribution is -2.34. The molecule has 24 heteroatoms. The molecule has 0 radical (unpaired) electrons. The van der Waals surface area contributed by atoms with Crippen molar-refractivity contribution in [3.05, 3.63) is 104 Å². The number of rotatable bonds is 19. The molecule has 8 unspecified atom stereocenters. The van der Waals surface area contributed by atoms with Gasteiger partial charge in [0.2, 0.25) is 0 Å². The third kappa shape index (κ3) is 13.2. The number of fused-ring (bicyclic) bond motifs is 8. The molecule has 0 amide bonds. The summed E-state index contributed by atoms with van der Waals surface area (Å²) < 4.78 is 76.4. The number of phenolic OH excluding ortho intramolecular Hbond substituents is 1. The molecule has 0 aromatic heterocycles. The van der Waals surface area contributed by atoms with E-state index in [1.54, 1.807) is 77.1 Å². The summed E-state index contributed by atoms with van der Waals surface area (Å²) in [4.78, 5) is 131. The van der Waals surface area contributed by atoms with E-state index in [-0.39, 0.29) is 154 Å². The number of Topliss-reactive ketones (excluding diaryl/α,β-unsaturated/α-hetero) is 4. The molecular weight excluding hydrogens is 1360 g/mol. The standard InChI is InChI=1S/C46H46O14.C35H36O10/c1-21-23(3)59-37-15-33-39(35(19-57-27(7)51)43(37)45(21)53)29(9-11-55-25(5)49)13-31(17-47)41(33)42-32(18-48)14-30(10-12-56-26(6)50)40-34(42)16-38-44(36(40)20-58-28(8)52)46(54)22(2)24(4)60-38;1-14-16(3)44-24-10-18-26(34(42-8)30(24)32(14)37)20(36)12-21(39-5)27(18)28-19-11-25-31(33(38)15(2)17(4)45-25)35(43-9)29(19)23(41-7)13-22(28)40-6/h13-18,21-24H,9-12,19-20H2,1-8H3;10-17,36H,1-9H3. The molecule has 0 spiro atoms. The molecule has 105 heavy (non-hydrogen) atoms. The molecule has 8 atom stereocenters. The molecule has 4 heterocycles. The first kappa shape index (κ1) is 74.9. The molecule has 0 saturated heterocycles. The lowest BCUT2D eigenvalue weighted by atomic mass is 9.78. The first-order valence-corrected chi connectivity index (χ1v) is 34.3. The van der Waals surface area contributed by atoms with E-state index in [1.807, 2.05) is 20.8 Å². The van der Waals surface area contributed by atoms with Gasteiger partial charge in [-0.2, -0.15) is 0 Å². The molecule has 24 nitrogen and oxygen atoms in total. The van der Waals surface area contributed by atoms with Gasteiger partial charge in [0.15, 0.2) is 35.7 Å². The van der Waals surface area contributed by atoms with E-state index in [9.17, 15) is 53.1 Å². The Labute approximate surface area is 604 Å². The summed E-state index contributed by atoms with van der Waals surface area (Å²) in [5, 5.41) is 14.7. The molecule has 4 aliphatic rings. The Balaban J connectivity index is 0.000000218. The van der Waals surface area contributed by atoms with Gasteiger partial charge in [0.05, 0.1) is 94.3 Å². The van der Waals surface area contributed by atoms with Gasteiger partial charge in [-0.1, -0.05) is 27.7 Å². The smallest absolute Gasteiger partial charge is 0.302 e. The number of ether oxygens (including phenoxy) is 13. The van der Waals surface area contributed by atoms with Crippen LogP contribution in [0.25, 0.3) is 65.3 Å². The van der Waals surface area contributed by atoms with Crippen LogP contribution in [0.3, 0.4) is 0 Å². The molecule has 550 valence electrons. The monoisotopic (exact) mass is 1440 g/mol. The predicted octanol–water partition coefficient (Wildman–Crippen LogP) is 13.4. The number of phenols is 1. The third-order valence-electron chi connectivity index (χ3n) is 20.5. The van der Waals surface area contributed by atoms with Crippen molar-refractivity contribution in [3.63, 3.8) is 0 Å². The van der Waals surface area contributed by atoms with Gasteiger partial charge in [-0.3, -0.25) is 47.9 Å². The molecule has 1 N–H and O–H groups in total. The largest absolute Gasteiger partial charge is 0.507 e. The zero-order valence-corrected chi connectivity index (χ0v) is 61.5. The Kier molecular flexibility index (Phi) is 21.3. The molecule has 0 aliphatic carbocycles. The first-order chi connectivity index (χ1) is 50.0. The van der Waals surface area contributed by atoms with Gasteiger partial charge < -0.3 is 66.7 Å². The SMILES string of the molecule is CC(=O)OCCc1cc(C=O)c(-c2c(C=O)cc(CCOC(C)=O)c3c(COC(C)=O)c4c(cc23)OC(C)C(C)C4=O)c2cc3c(c(COC(C)=O)c12)C(=O)C(C)C(C)O3.COc1cc(O)c2c(OC)c3c(cc2c1-c1c(OC)cc(OC)c2c(OC)c4c(cc12)OC(C)C(C)C4=O)OC(C)C(C)C3=O. The summed E-state index contributed by atoms with van der Waals surface area (Å²) in [6, 6.07) is 13.1. The Hall–Kier alpha value is -11.3. The lowest BCUT2D eigenvalue weighted by Gasteiger charge is -2.32. The topological polar surface area (TPSA) is 311 Å². The first-order valence-electron chi connectivity index (χ1n) is 34.3. The Morgan fingerprint density at radius 1 is 0.381 bits per heavy atom. The van der Waals surface area contributed by atoms with Crippen LogP contribution in [0.4, 0.5) is 0 Å². The molecule has 0 fully saturated rings. The van der Waals surface area contributed by atoms with Crippen molar-refractivity contribution in [2.75, 3.05) is 48.8 Å². The maximum atomic E-state index is 14.1. The highest BCUT2D eigenvalue weighted by Gasteiger charge is 2.42. The summed E-state index contributed by atoms with van der Waals surface area (Å²) >= 11 is 0. The maximum Gasteiger partial charge on any atom is 0.302 e. The van der Waals surface area contributed by atoms with Crippen LogP contribution in [0.5, 0.6) is 57.5 Å². The summed E-state index contributed by atoms with van der Waals surface area (Å²) in [6.07, 6.45) is -0.515. The van der Waals surface area contributed by atoms with Gasteiger partial charge in [0.25, 0.3) is 0 Å². The molecule has 0 bridgehead atoms. The van der Waals surface area contributed by atoms with Crippen molar-refractivity contribution in [2.24, 2.45) is 23.7 Å². The average Bonchev–Trinajstić information content (AvgIpc) is 0.717. The van der Waals surface area contributed by atoms with Gasteiger partial charge in [-0.05, 0) is 96.8 Å². The highest BCUT2D eigenvalue weighted by molar-refractivity contribution is 6.23. The highest BCUT2D eigenvalue weighted by Crippen LogP contribution is 2.58. The highest BCUT2D eigenvalue weighted by atomic mass is 16.6. The third-order valence-corrected chi connectivity index (χ3v) is 20.5. The molecule has 4 aliphatic heterocycles. The second-order valence-electron chi connectivity index (χ2n) is 26.7. The van der Waals surface area contributed by atoms with E-state index in [0.717, 1.165) is 0 Å². The number of benzene rings is 8. The van der Waals surface area contributed by atoms with Crippen LogP contribution in [-0.4, -0.2) is 138 Å². The van der Waals surface area contributed by atoms with Gasteiger partial charge in [-0.25, -0.2) is 0 Å². The number of methoxy groups -OCH3 is 5. The Morgan fingerprint density at radius 3 is 1.03 bits per heavy atom. The van der Waals surface area contributed by atoms with Crippen molar-refractivity contribution in [2.45, 2.75) is 134 Å². The van der Waals surface area contributed by atoms with Crippen LogP contribution in [0, 0.1) is 23.7 Å². The van der Waals surface area contributed by atoms with Crippen LogP contribution < -0.4 is 42.6 Å². The number of hydrogen-bond donors (Lipinski definition) is 1. The number of esters is 4. The van der Waals surface area contributed by atoms with E-state index in [4.69, 9.17) is 61.6 Å². The van der Waals surface area contributed by atoms with Crippen LogP contribution >= 0.6 is 0 Å². The number of aldehydes is 2. The number of ketones is 4. The number of hydrogen-bond acceptors (Lipinski definition) is 24. The molecule has 8 aromatic rings. The fraction of sp³-hybridized carbons (Fsp3) is 0.383. The van der Waals surface area contributed by atoms with Crippen molar-refractivity contribution in [3.8, 4) is 79.7 Å². The maximum absolute atomic E-state index is 14.1. The van der Waals surface area contributed by atoms with Crippen LogP contribution in [0.15, 0.2) is 48.5 Å². The summed E-state index contributed by atoms with van der Waals surface area (Å²) in [5.74, 6) is -2.56. The Morgan fingerprint density at radius 2 is 0.695 bits per heavy atom. The van der Waals surface area contributed by atoms with E-state index >= 15 is 0 Å². The zero-order valence-electron chi connectivity index (χ0n) is 61.5. The predicted molar refractivity (Wildman–Crippen MR) is 385 cm³/mol. The van der Waals surface area contributed by atoms with E-state index in [2.05, 4.69) is 0 Å². The molecular formula is C81H82O24. The second-order valence-corrected chi connectivity index (χ2v) is 26.7. The quantitative estimate of drug-likeness (QED) is 0.0446. The molecule has 0 saturated carbocycles. The zero-order chi connectivity index (χ0) is 76.2. The van der Waals surface area contributed by atoms with E-state index in [1.165, 1.54) is 69.3 Å². The van der Waals surface area contributed by atoms with Crippen LogP contribution in [0.1, 0.15) is 167 Å².